The van der Waals surface area contributed by atoms with Crippen LogP contribution in [0.5, 0.6) is 5.75 Å². The van der Waals surface area contributed by atoms with Crippen LogP contribution in [0.1, 0.15) is 36.2 Å². The molecule has 0 radical (unpaired) electrons. The first kappa shape index (κ1) is 15.6. The fourth-order valence-electron chi connectivity index (χ4n) is 2.42. The average Bonchev–Trinajstić information content (AvgIpc) is 2.88. The summed E-state index contributed by atoms with van der Waals surface area (Å²) < 4.78 is 7.63. The topological polar surface area (TPSA) is 39.1 Å². The minimum Gasteiger partial charge on any atom is -0.496 e. The van der Waals surface area contributed by atoms with Gasteiger partial charge in [-0.15, -0.1) is 0 Å². The minimum atomic E-state index is 0.499. The second-order valence-corrected chi connectivity index (χ2v) is 5.77. The van der Waals surface area contributed by atoms with Crippen LogP contribution in [-0.2, 0) is 13.1 Å². The van der Waals surface area contributed by atoms with Crippen molar-refractivity contribution in [3.63, 3.8) is 0 Å². The highest BCUT2D eigenvalue weighted by Crippen LogP contribution is 2.24. The lowest BCUT2D eigenvalue weighted by molar-refractivity contribution is 0.406. The van der Waals surface area contributed by atoms with Crippen molar-refractivity contribution in [3.8, 4) is 5.75 Å². The third-order valence-electron chi connectivity index (χ3n) is 3.61. The number of hydrogen-bond acceptors (Lipinski definition) is 3. The van der Waals surface area contributed by atoms with E-state index in [2.05, 4.69) is 54.1 Å². The monoisotopic (exact) mass is 287 g/mol. The van der Waals surface area contributed by atoms with E-state index in [1.54, 1.807) is 7.11 Å². The van der Waals surface area contributed by atoms with Crippen LogP contribution in [-0.4, -0.2) is 22.7 Å². The van der Waals surface area contributed by atoms with Crippen molar-refractivity contribution < 1.29 is 4.74 Å². The van der Waals surface area contributed by atoms with Gasteiger partial charge in [-0.2, -0.15) is 0 Å². The van der Waals surface area contributed by atoms with Gasteiger partial charge in [0, 0.05) is 42.3 Å². The number of hydrogen-bond donors (Lipinski definition) is 1. The van der Waals surface area contributed by atoms with Gasteiger partial charge >= 0.3 is 0 Å². The van der Waals surface area contributed by atoms with Crippen molar-refractivity contribution in [2.45, 2.75) is 46.8 Å². The van der Waals surface area contributed by atoms with Crippen LogP contribution >= 0.6 is 0 Å². The predicted molar refractivity (Wildman–Crippen MR) is 85.8 cm³/mol. The van der Waals surface area contributed by atoms with Gasteiger partial charge in [0.05, 0.1) is 19.3 Å². The summed E-state index contributed by atoms with van der Waals surface area (Å²) in [5.41, 5.74) is 4.54. The maximum absolute atomic E-state index is 5.46. The zero-order valence-electron chi connectivity index (χ0n) is 13.6. The lowest BCUT2D eigenvalue weighted by atomic mass is 10.1. The van der Waals surface area contributed by atoms with E-state index in [0.29, 0.717) is 6.04 Å². The number of aromatic nitrogens is 2. The molecule has 0 fully saturated rings. The smallest absolute Gasteiger partial charge is 0.128 e. The Labute approximate surface area is 127 Å². The van der Waals surface area contributed by atoms with Gasteiger partial charge in [-0.05, 0) is 25.5 Å². The third-order valence-corrected chi connectivity index (χ3v) is 3.61. The summed E-state index contributed by atoms with van der Waals surface area (Å²) in [5.74, 6) is 0.939. The summed E-state index contributed by atoms with van der Waals surface area (Å²) in [4.78, 5) is 4.55. The first-order valence-electron chi connectivity index (χ1n) is 7.38. The number of ether oxygens (including phenoxy) is 1. The van der Waals surface area contributed by atoms with E-state index in [0.717, 1.165) is 35.7 Å². The van der Waals surface area contributed by atoms with Crippen molar-refractivity contribution in [1.82, 2.24) is 14.9 Å². The molecule has 0 aliphatic heterocycles. The molecule has 0 aliphatic carbocycles. The molecule has 0 spiro atoms. The fourth-order valence-corrected chi connectivity index (χ4v) is 2.42. The first-order chi connectivity index (χ1) is 10.0. The van der Waals surface area contributed by atoms with E-state index < -0.39 is 0 Å². The Morgan fingerprint density at radius 3 is 2.76 bits per heavy atom. The molecule has 0 saturated heterocycles. The van der Waals surface area contributed by atoms with Gasteiger partial charge in [0.2, 0.25) is 0 Å². The summed E-state index contributed by atoms with van der Waals surface area (Å²) in [7, 11) is 1.71. The standard InChI is InChI=1S/C17H25N3O/c1-12(2)18-9-15-6-7-20(10-15)11-16-14(4)17(21-5)13(3)8-19-16/h6-8,10,12,18H,9,11H2,1-5H3. The molecule has 2 aromatic rings. The zero-order chi connectivity index (χ0) is 15.4. The van der Waals surface area contributed by atoms with Crippen molar-refractivity contribution in [1.29, 1.82) is 0 Å². The van der Waals surface area contributed by atoms with Crippen molar-refractivity contribution in [2.75, 3.05) is 7.11 Å². The van der Waals surface area contributed by atoms with Gasteiger partial charge < -0.3 is 14.6 Å². The van der Waals surface area contributed by atoms with Crippen LogP contribution in [0.15, 0.2) is 24.7 Å². The number of aryl methyl sites for hydroxylation is 1. The maximum atomic E-state index is 5.46. The Morgan fingerprint density at radius 2 is 2.10 bits per heavy atom. The molecular weight excluding hydrogens is 262 g/mol. The summed E-state index contributed by atoms with van der Waals surface area (Å²) >= 11 is 0. The minimum absolute atomic E-state index is 0.499. The Hall–Kier alpha value is -1.81. The fraction of sp³-hybridized carbons (Fsp3) is 0.471. The SMILES string of the molecule is COc1c(C)cnc(Cn2ccc(CNC(C)C)c2)c1C. The van der Waals surface area contributed by atoms with Gasteiger partial charge in [-0.25, -0.2) is 0 Å². The molecule has 4 nitrogen and oxygen atoms in total. The lowest BCUT2D eigenvalue weighted by Gasteiger charge is -2.12. The Kier molecular flexibility index (Phi) is 5.02. The molecule has 0 bridgehead atoms. The van der Waals surface area contributed by atoms with Crippen molar-refractivity contribution >= 4 is 0 Å². The molecule has 4 heteroatoms. The van der Waals surface area contributed by atoms with E-state index in [9.17, 15) is 0 Å². The Balaban J connectivity index is 2.12. The molecular formula is C17H25N3O. The van der Waals surface area contributed by atoms with Gasteiger partial charge in [0.25, 0.3) is 0 Å². The largest absolute Gasteiger partial charge is 0.496 e. The molecule has 1 N–H and O–H groups in total. The summed E-state index contributed by atoms with van der Waals surface area (Å²) in [6.07, 6.45) is 6.15. The number of pyridine rings is 1. The molecule has 0 saturated carbocycles. The molecule has 0 aromatic carbocycles. The zero-order valence-corrected chi connectivity index (χ0v) is 13.6. The molecule has 21 heavy (non-hydrogen) atoms. The second kappa shape index (κ2) is 6.76. The van der Waals surface area contributed by atoms with E-state index >= 15 is 0 Å². The Bertz CT molecular complexity index is 602. The highest BCUT2D eigenvalue weighted by atomic mass is 16.5. The van der Waals surface area contributed by atoms with E-state index in [4.69, 9.17) is 4.74 Å². The molecule has 0 aliphatic rings. The van der Waals surface area contributed by atoms with Crippen LogP contribution in [0.25, 0.3) is 0 Å². The van der Waals surface area contributed by atoms with E-state index in [1.165, 1.54) is 5.56 Å². The van der Waals surface area contributed by atoms with E-state index in [1.807, 2.05) is 13.1 Å². The van der Waals surface area contributed by atoms with Crippen LogP contribution < -0.4 is 10.1 Å². The van der Waals surface area contributed by atoms with Crippen LogP contribution in [0.4, 0.5) is 0 Å². The number of methoxy groups -OCH3 is 1. The van der Waals surface area contributed by atoms with Crippen LogP contribution in [0, 0.1) is 13.8 Å². The highest BCUT2D eigenvalue weighted by Gasteiger charge is 2.10. The van der Waals surface area contributed by atoms with Gasteiger partial charge in [-0.1, -0.05) is 13.8 Å². The molecule has 2 aromatic heterocycles. The van der Waals surface area contributed by atoms with Crippen LogP contribution in [0.2, 0.25) is 0 Å². The lowest BCUT2D eigenvalue weighted by Crippen LogP contribution is -2.21. The molecule has 114 valence electrons. The average molecular weight is 287 g/mol. The molecule has 2 heterocycles. The van der Waals surface area contributed by atoms with Gasteiger partial charge in [0.1, 0.15) is 5.75 Å². The van der Waals surface area contributed by atoms with Crippen LogP contribution in [0.3, 0.4) is 0 Å². The number of nitrogens with one attached hydrogen (secondary N) is 1. The molecule has 0 unspecified atom stereocenters. The van der Waals surface area contributed by atoms with E-state index in [-0.39, 0.29) is 0 Å². The molecule has 0 atom stereocenters. The highest BCUT2D eigenvalue weighted by molar-refractivity contribution is 5.41. The Morgan fingerprint density at radius 1 is 1.33 bits per heavy atom. The maximum Gasteiger partial charge on any atom is 0.128 e. The number of rotatable bonds is 6. The third kappa shape index (κ3) is 3.85. The van der Waals surface area contributed by atoms with Gasteiger partial charge in [-0.3, -0.25) is 4.98 Å². The molecule has 0 amide bonds. The second-order valence-electron chi connectivity index (χ2n) is 5.77. The summed E-state index contributed by atoms with van der Waals surface area (Å²) in [6.45, 7) is 10.1. The molecule has 2 rings (SSSR count). The predicted octanol–water partition coefficient (Wildman–Crippen LogP) is 3.05. The van der Waals surface area contributed by atoms with Crippen molar-refractivity contribution in [2.24, 2.45) is 0 Å². The quantitative estimate of drug-likeness (QED) is 0.887. The van der Waals surface area contributed by atoms with Gasteiger partial charge in [0.15, 0.2) is 0 Å². The summed E-state index contributed by atoms with van der Waals surface area (Å²) in [6, 6.07) is 2.65. The normalized spacial score (nSPS) is 11.1. The summed E-state index contributed by atoms with van der Waals surface area (Å²) in [5, 5.41) is 3.43. The van der Waals surface area contributed by atoms with Crippen molar-refractivity contribution in [3.05, 3.63) is 47.0 Å². The first-order valence-corrected chi connectivity index (χ1v) is 7.38. The number of nitrogens with zero attached hydrogens (tertiary/aromatic N) is 2.